The molecule has 1 atom stereocenters. The van der Waals surface area contributed by atoms with Gasteiger partial charge in [-0.25, -0.2) is 4.98 Å². The highest BCUT2D eigenvalue weighted by Crippen LogP contribution is 2.27. The monoisotopic (exact) mass is 193 g/mol. The lowest BCUT2D eigenvalue weighted by Crippen LogP contribution is -2.44. The second-order valence-electron chi connectivity index (χ2n) is 3.24. The molecule has 1 aromatic rings. The van der Waals surface area contributed by atoms with Gasteiger partial charge in [0.1, 0.15) is 11.7 Å². The molecule has 0 aromatic carbocycles. The number of amides is 1. The number of likely N-dealkylation sites (N-methyl/N-ethyl adjacent to an activating group) is 1. The molecule has 1 aliphatic heterocycles. The molecular formula is C8H11N5O. The van der Waals surface area contributed by atoms with E-state index in [1.807, 2.05) is 0 Å². The van der Waals surface area contributed by atoms with Gasteiger partial charge in [0.05, 0.1) is 6.20 Å². The lowest BCUT2D eigenvalue weighted by Gasteiger charge is -2.31. The minimum absolute atomic E-state index is 0.0617. The average Bonchev–Trinajstić information content (AvgIpc) is 2.16. The topological polar surface area (TPSA) is 84.1 Å². The molecule has 0 fully saturated rings. The number of nitrogens with one attached hydrogen (secondary N) is 1. The molecule has 3 N–H and O–H groups in total. The molecule has 0 saturated carbocycles. The van der Waals surface area contributed by atoms with Crippen LogP contribution < -0.4 is 16.0 Å². The first kappa shape index (κ1) is 8.74. The summed E-state index contributed by atoms with van der Waals surface area (Å²) >= 11 is 0. The molecule has 1 amide bonds. The third-order valence-corrected chi connectivity index (χ3v) is 2.34. The van der Waals surface area contributed by atoms with Crippen molar-refractivity contribution in [3.05, 3.63) is 6.20 Å². The van der Waals surface area contributed by atoms with Crippen LogP contribution in [0.2, 0.25) is 0 Å². The van der Waals surface area contributed by atoms with Crippen molar-refractivity contribution in [2.45, 2.75) is 13.0 Å². The number of aromatic nitrogens is 2. The Morgan fingerprint density at radius 2 is 2.36 bits per heavy atom. The number of hydrogen-bond donors (Lipinski definition) is 2. The number of hydrogen-bond acceptors (Lipinski definition) is 5. The zero-order valence-corrected chi connectivity index (χ0v) is 7.98. The second kappa shape index (κ2) is 2.83. The van der Waals surface area contributed by atoms with Crippen LogP contribution in [-0.4, -0.2) is 29.0 Å². The first-order chi connectivity index (χ1) is 6.59. The maximum atomic E-state index is 11.4. The van der Waals surface area contributed by atoms with Crippen molar-refractivity contribution >= 4 is 23.4 Å². The zero-order chi connectivity index (χ0) is 10.3. The lowest BCUT2D eigenvalue weighted by atomic mass is 10.2. The maximum Gasteiger partial charge on any atom is 0.246 e. The van der Waals surface area contributed by atoms with Crippen molar-refractivity contribution in [3.63, 3.8) is 0 Å². The van der Waals surface area contributed by atoms with Gasteiger partial charge in [0, 0.05) is 7.05 Å². The lowest BCUT2D eigenvalue weighted by molar-refractivity contribution is -0.117. The van der Waals surface area contributed by atoms with E-state index in [1.165, 1.54) is 6.20 Å². The maximum absolute atomic E-state index is 11.4. The van der Waals surface area contributed by atoms with Gasteiger partial charge in [0.2, 0.25) is 11.9 Å². The first-order valence-electron chi connectivity index (χ1n) is 4.26. The predicted molar refractivity (Wildman–Crippen MR) is 52.9 cm³/mol. The molecule has 1 aromatic heterocycles. The quantitative estimate of drug-likeness (QED) is 0.598. The SMILES string of the molecule is C[C@H]1C(=O)Nc2cnc(N)nc2N1C. The smallest absolute Gasteiger partial charge is 0.246 e. The molecule has 74 valence electrons. The Balaban J connectivity index is 2.51. The van der Waals surface area contributed by atoms with Gasteiger partial charge in [-0.1, -0.05) is 0 Å². The number of nitrogens with two attached hydrogens (primary N) is 1. The van der Waals surface area contributed by atoms with Crippen LogP contribution in [0.15, 0.2) is 6.20 Å². The highest BCUT2D eigenvalue weighted by molar-refractivity contribution is 6.02. The molecule has 6 nitrogen and oxygen atoms in total. The molecule has 14 heavy (non-hydrogen) atoms. The van der Waals surface area contributed by atoms with E-state index in [1.54, 1.807) is 18.9 Å². The number of fused-ring (bicyclic) bond motifs is 1. The summed E-state index contributed by atoms with van der Waals surface area (Å²) in [5, 5.41) is 2.71. The van der Waals surface area contributed by atoms with Gasteiger partial charge in [0.15, 0.2) is 5.82 Å². The molecule has 0 radical (unpaired) electrons. The van der Waals surface area contributed by atoms with Crippen molar-refractivity contribution in [2.24, 2.45) is 0 Å². The summed E-state index contributed by atoms with van der Waals surface area (Å²) in [4.78, 5) is 21.1. The summed E-state index contributed by atoms with van der Waals surface area (Å²) in [6, 6.07) is -0.239. The minimum atomic E-state index is -0.239. The van der Waals surface area contributed by atoms with E-state index in [0.29, 0.717) is 11.5 Å². The highest BCUT2D eigenvalue weighted by atomic mass is 16.2. The molecule has 0 aliphatic carbocycles. The molecule has 2 heterocycles. The van der Waals surface area contributed by atoms with Gasteiger partial charge in [-0.15, -0.1) is 0 Å². The zero-order valence-electron chi connectivity index (χ0n) is 7.98. The number of carbonyl (C=O) groups is 1. The van der Waals surface area contributed by atoms with Crippen LogP contribution >= 0.6 is 0 Å². The molecule has 2 rings (SSSR count). The number of anilines is 3. The Bertz CT molecular complexity index is 391. The van der Waals surface area contributed by atoms with Crippen molar-refractivity contribution < 1.29 is 4.79 Å². The summed E-state index contributed by atoms with van der Waals surface area (Å²) in [7, 11) is 1.80. The van der Waals surface area contributed by atoms with Gasteiger partial charge < -0.3 is 16.0 Å². The van der Waals surface area contributed by atoms with Crippen LogP contribution in [0.1, 0.15) is 6.92 Å². The van der Waals surface area contributed by atoms with Crippen LogP contribution in [0.25, 0.3) is 0 Å². The summed E-state index contributed by atoms with van der Waals surface area (Å²) in [5.74, 6) is 0.803. The molecule has 0 spiro atoms. The number of nitrogens with zero attached hydrogens (tertiary/aromatic N) is 3. The molecule has 1 aliphatic rings. The Morgan fingerprint density at radius 1 is 1.64 bits per heavy atom. The standard InChI is InChI=1S/C8H11N5O/c1-4-7(14)11-5-3-10-8(9)12-6(5)13(4)2/h3-4H,1-2H3,(H,11,14)(H2,9,10,12)/t4-/m0/s1. The van der Waals surface area contributed by atoms with Crippen molar-refractivity contribution in [1.82, 2.24) is 9.97 Å². The Labute approximate surface area is 81.1 Å². The predicted octanol–water partition coefficient (Wildman–Crippen LogP) is -0.164. The molecular weight excluding hydrogens is 182 g/mol. The summed E-state index contributed by atoms with van der Waals surface area (Å²) in [6.45, 7) is 1.80. The van der Waals surface area contributed by atoms with Crippen molar-refractivity contribution in [1.29, 1.82) is 0 Å². The molecule has 6 heteroatoms. The number of nitrogen functional groups attached to an aromatic ring is 1. The van der Waals surface area contributed by atoms with E-state index in [2.05, 4.69) is 15.3 Å². The van der Waals surface area contributed by atoms with Crippen LogP contribution in [0.3, 0.4) is 0 Å². The normalized spacial score (nSPS) is 20.3. The number of rotatable bonds is 0. The summed E-state index contributed by atoms with van der Waals surface area (Å²) < 4.78 is 0. The van der Waals surface area contributed by atoms with Crippen molar-refractivity contribution in [3.8, 4) is 0 Å². The van der Waals surface area contributed by atoms with Crippen LogP contribution in [0, 0.1) is 0 Å². The van der Waals surface area contributed by atoms with E-state index >= 15 is 0 Å². The van der Waals surface area contributed by atoms with Crippen LogP contribution in [0.5, 0.6) is 0 Å². The minimum Gasteiger partial charge on any atom is -0.368 e. The van der Waals surface area contributed by atoms with Gasteiger partial charge in [0.25, 0.3) is 0 Å². The van der Waals surface area contributed by atoms with Crippen LogP contribution in [0.4, 0.5) is 17.5 Å². The van der Waals surface area contributed by atoms with E-state index < -0.39 is 0 Å². The van der Waals surface area contributed by atoms with Gasteiger partial charge in [-0.05, 0) is 6.92 Å². The molecule has 0 unspecified atom stereocenters. The Morgan fingerprint density at radius 3 is 3.07 bits per heavy atom. The second-order valence-corrected chi connectivity index (χ2v) is 3.24. The van der Waals surface area contributed by atoms with E-state index in [4.69, 9.17) is 5.73 Å². The van der Waals surface area contributed by atoms with Crippen molar-refractivity contribution in [2.75, 3.05) is 23.0 Å². The van der Waals surface area contributed by atoms with Crippen LogP contribution in [-0.2, 0) is 4.79 Å². The van der Waals surface area contributed by atoms with E-state index in [9.17, 15) is 4.79 Å². The molecule has 0 saturated heterocycles. The van der Waals surface area contributed by atoms with Gasteiger partial charge in [-0.2, -0.15) is 4.98 Å². The van der Waals surface area contributed by atoms with Gasteiger partial charge >= 0.3 is 0 Å². The molecule has 0 bridgehead atoms. The fourth-order valence-electron chi connectivity index (χ4n) is 1.34. The largest absolute Gasteiger partial charge is 0.368 e. The first-order valence-corrected chi connectivity index (χ1v) is 4.26. The summed E-state index contributed by atoms with van der Waals surface area (Å²) in [5.41, 5.74) is 6.06. The third-order valence-electron chi connectivity index (χ3n) is 2.34. The average molecular weight is 193 g/mol. The van der Waals surface area contributed by atoms with Gasteiger partial charge in [-0.3, -0.25) is 4.79 Å². The van der Waals surface area contributed by atoms with E-state index in [-0.39, 0.29) is 17.9 Å². The third kappa shape index (κ3) is 1.15. The van der Waals surface area contributed by atoms with E-state index in [0.717, 1.165) is 0 Å². The fourth-order valence-corrected chi connectivity index (χ4v) is 1.34. The summed E-state index contributed by atoms with van der Waals surface area (Å²) in [6.07, 6.45) is 1.51. The Hall–Kier alpha value is -1.85. The Kier molecular flexibility index (Phi) is 1.77. The fraction of sp³-hybridized carbons (Fsp3) is 0.375. The number of carbonyl (C=O) groups excluding carboxylic acids is 1. The highest BCUT2D eigenvalue weighted by Gasteiger charge is 2.28.